The molecule has 4 heteroatoms. The molecule has 0 aliphatic rings. The van der Waals surface area contributed by atoms with Gasteiger partial charge in [-0.25, -0.2) is 0 Å². The molecular weight excluding hydrogens is 214 g/mol. The molecule has 2 N–H and O–H groups in total. The zero-order valence-corrected chi connectivity index (χ0v) is 9.93. The predicted octanol–water partition coefficient (Wildman–Crippen LogP) is 1.90. The van der Waals surface area contributed by atoms with Gasteiger partial charge in [-0.15, -0.1) is 0 Å². The Morgan fingerprint density at radius 1 is 1.29 bits per heavy atom. The third kappa shape index (κ3) is 3.32. The molecule has 0 fully saturated rings. The summed E-state index contributed by atoms with van der Waals surface area (Å²) >= 11 is 0. The van der Waals surface area contributed by atoms with Gasteiger partial charge >= 0.3 is 0 Å². The highest BCUT2D eigenvalue weighted by molar-refractivity contribution is 5.26. The van der Waals surface area contributed by atoms with E-state index in [4.69, 9.17) is 0 Å². The van der Waals surface area contributed by atoms with Crippen molar-refractivity contribution < 1.29 is 5.11 Å². The molecule has 0 unspecified atom stereocenters. The van der Waals surface area contributed by atoms with E-state index >= 15 is 0 Å². The first-order chi connectivity index (χ1) is 8.28. The van der Waals surface area contributed by atoms with Crippen molar-refractivity contribution in [1.82, 2.24) is 15.1 Å². The molecule has 0 bridgehead atoms. The maximum absolute atomic E-state index is 9.32. The number of phenols is 1. The van der Waals surface area contributed by atoms with Crippen LogP contribution in [-0.2, 0) is 19.6 Å². The fraction of sp³-hybridized carbons (Fsp3) is 0.308. The van der Waals surface area contributed by atoms with Crippen LogP contribution in [0.3, 0.4) is 0 Å². The molecule has 2 rings (SSSR count). The summed E-state index contributed by atoms with van der Waals surface area (Å²) in [6.45, 7) is 4.43. The molecule has 1 aromatic carbocycles. The van der Waals surface area contributed by atoms with Gasteiger partial charge in [0, 0.05) is 25.8 Å². The van der Waals surface area contributed by atoms with Crippen LogP contribution in [0.4, 0.5) is 0 Å². The highest BCUT2D eigenvalue weighted by Crippen LogP contribution is 2.10. The molecule has 0 atom stereocenters. The van der Waals surface area contributed by atoms with Gasteiger partial charge in [0.25, 0.3) is 0 Å². The summed E-state index contributed by atoms with van der Waals surface area (Å²) in [4.78, 5) is 0. The summed E-state index contributed by atoms with van der Waals surface area (Å²) in [6.07, 6.45) is 1.98. The Morgan fingerprint density at radius 2 is 2.18 bits per heavy atom. The van der Waals surface area contributed by atoms with Gasteiger partial charge < -0.3 is 10.4 Å². The molecule has 2 aromatic rings. The molecule has 1 heterocycles. The van der Waals surface area contributed by atoms with E-state index in [0.717, 1.165) is 30.9 Å². The van der Waals surface area contributed by atoms with E-state index in [1.54, 1.807) is 12.1 Å². The molecule has 0 aliphatic carbocycles. The Morgan fingerprint density at radius 3 is 2.88 bits per heavy atom. The first kappa shape index (κ1) is 11.7. The minimum absolute atomic E-state index is 0.305. The Balaban J connectivity index is 1.83. The van der Waals surface area contributed by atoms with E-state index in [0.29, 0.717) is 5.75 Å². The van der Waals surface area contributed by atoms with E-state index in [1.165, 1.54) is 0 Å². The van der Waals surface area contributed by atoms with Gasteiger partial charge in [-0.3, -0.25) is 4.68 Å². The summed E-state index contributed by atoms with van der Waals surface area (Å²) in [5.41, 5.74) is 2.10. The van der Waals surface area contributed by atoms with Crippen LogP contribution in [-0.4, -0.2) is 14.9 Å². The van der Waals surface area contributed by atoms with Crippen molar-refractivity contribution >= 4 is 0 Å². The number of nitrogens with zero attached hydrogens (tertiary/aromatic N) is 2. The zero-order valence-electron chi connectivity index (χ0n) is 9.93. The van der Waals surface area contributed by atoms with Crippen LogP contribution in [0, 0.1) is 0 Å². The maximum atomic E-state index is 9.32. The lowest BCUT2D eigenvalue weighted by atomic mass is 10.2. The lowest BCUT2D eigenvalue weighted by molar-refractivity contribution is 0.474. The number of rotatable bonds is 5. The van der Waals surface area contributed by atoms with E-state index in [1.807, 2.05) is 29.1 Å². The van der Waals surface area contributed by atoms with Crippen molar-refractivity contribution in [2.24, 2.45) is 0 Å². The second-order valence-electron chi connectivity index (χ2n) is 3.94. The lowest BCUT2D eigenvalue weighted by Crippen LogP contribution is -2.13. The van der Waals surface area contributed by atoms with Crippen molar-refractivity contribution in [3.05, 3.63) is 47.8 Å². The van der Waals surface area contributed by atoms with Crippen LogP contribution >= 0.6 is 0 Å². The molecule has 0 radical (unpaired) electrons. The highest BCUT2D eigenvalue weighted by Gasteiger charge is 1.98. The first-order valence-corrected chi connectivity index (χ1v) is 5.79. The van der Waals surface area contributed by atoms with Crippen molar-refractivity contribution in [3.8, 4) is 5.75 Å². The molecule has 0 amide bonds. The maximum Gasteiger partial charge on any atom is 0.115 e. The molecule has 0 saturated heterocycles. The third-order valence-corrected chi connectivity index (χ3v) is 2.57. The number of hydrogen-bond acceptors (Lipinski definition) is 3. The zero-order chi connectivity index (χ0) is 12.1. The van der Waals surface area contributed by atoms with Gasteiger partial charge in [0.05, 0.1) is 5.69 Å². The molecular formula is C13H17N3O. The standard InChI is InChI=1S/C13H17N3O/c1-2-16-7-6-12(15-16)10-14-9-11-4-3-5-13(17)8-11/h3-8,14,17H,2,9-10H2,1H3. The Hall–Kier alpha value is -1.81. The molecule has 0 spiro atoms. The quantitative estimate of drug-likeness (QED) is 0.826. The minimum atomic E-state index is 0.305. The van der Waals surface area contributed by atoms with Crippen LogP contribution in [0.1, 0.15) is 18.2 Å². The van der Waals surface area contributed by atoms with Crippen molar-refractivity contribution in [3.63, 3.8) is 0 Å². The topological polar surface area (TPSA) is 50.1 Å². The number of nitrogens with one attached hydrogen (secondary N) is 1. The molecule has 4 nitrogen and oxygen atoms in total. The number of hydrogen-bond donors (Lipinski definition) is 2. The normalized spacial score (nSPS) is 10.6. The van der Waals surface area contributed by atoms with Crippen molar-refractivity contribution in [2.45, 2.75) is 26.6 Å². The lowest BCUT2D eigenvalue weighted by Gasteiger charge is -2.03. The fourth-order valence-electron chi connectivity index (χ4n) is 1.68. The van der Waals surface area contributed by atoms with Gasteiger partial charge in [-0.1, -0.05) is 12.1 Å². The number of aryl methyl sites for hydroxylation is 1. The van der Waals surface area contributed by atoms with E-state index in [-0.39, 0.29) is 0 Å². The predicted molar refractivity (Wildman–Crippen MR) is 66.6 cm³/mol. The highest BCUT2D eigenvalue weighted by atomic mass is 16.3. The average molecular weight is 231 g/mol. The largest absolute Gasteiger partial charge is 0.508 e. The molecule has 0 saturated carbocycles. The third-order valence-electron chi connectivity index (χ3n) is 2.57. The smallest absolute Gasteiger partial charge is 0.115 e. The number of aromatic hydroxyl groups is 1. The Bertz CT molecular complexity index is 479. The fourth-order valence-corrected chi connectivity index (χ4v) is 1.68. The van der Waals surface area contributed by atoms with Crippen LogP contribution in [0.2, 0.25) is 0 Å². The van der Waals surface area contributed by atoms with Crippen LogP contribution in [0.15, 0.2) is 36.5 Å². The van der Waals surface area contributed by atoms with Gasteiger partial charge in [-0.05, 0) is 30.7 Å². The summed E-state index contributed by atoms with van der Waals surface area (Å²) in [5.74, 6) is 0.305. The molecule has 1 aromatic heterocycles. The van der Waals surface area contributed by atoms with Crippen LogP contribution in [0.25, 0.3) is 0 Å². The van der Waals surface area contributed by atoms with Crippen molar-refractivity contribution in [2.75, 3.05) is 0 Å². The van der Waals surface area contributed by atoms with E-state index in [9.17, 15) is 5.11 Å². The number of aromatic nitrogens is 2. The summed E-state index contributed by atoms with van der Waals surface area (Å²) < 4.78 is 1.91. The van der Waals surface area contributed by atoms with E-state index in [2.05, 4.69) is 17.3 Å². The Labute approximate surface area is 101 Å². The van der Waals surface area contributed by atoms with Crippen LogP contribution < -0.4 is 5.32 Å². The number of benzene rings is 1. The second-order valence-corrected chi connectivity index (χ2v) is 3.94. The Kier molecular flexibility index (Phi) is 3.77. The van der Waals surface area contributed by atoms with Gasteiger partial charge in [0.2, 0.25) is 0 Å². The summed E-state index contributed by atoms with van der Waals surface area (Å²) in [7, 11) is 0. The summed E-state index contributed by atoms with van der Waals surface area (Å²) in [6, 6.07) is 9.28. The van der Waals surface area contributed by atoms with Crippen LogP contribution in [0.5, 0.6) is 5.75 Å². The first-order valence-electron chi connectivity index (χ1n) is 5.79. The monoisotopic (exact) mass is 231 g/mol. The minimum Gasteiger partial charge on any atom is -0.508 e. The average Bonchev–Trinajstić information content (AvgIpc) is 2.77. The van der Waals surface area contributed by atoms with Gasteiger partial charge in [0.15, 0.2) is 0 Å². The molecule has 90 valence electrons. The SMILES string of the molecule is CCn1ccc(CNCc2cccc(O)c2)n1. The number of phenolic OH excluding ortho intramolecular Hbond substituents is 1. The van der Waals surface area contributed by atoms with E-state index < -0.39 is 0 Å². The second kappa shape index (κ2) is 5.50. The van der Waals surface area contributed by atoms with Gasteiger partial charge in [-0.2, -0.15) is 5.10 Å². The van der Waals surface area contributed by atoms with Gasteiger partial charge in [0.1, 0.15) is 5.75 Å². The molecule has 17 heavy (non-hydrogen) atoms. The summed E-state index contributed by atoms with van der Waals surface area (Å²) in [5, 5.41) is 17.0. The molecule has 0 aliphatic heterocycles. The van der Waals surface area contributed by atoms with Crippen molar-refractivity contribution in [1.29, 1.82) is 0 Å².